The Morgan fingerprint density at radius 2 is 1.93 bits per heavy atom. The van der Waals surface area contributed by atoms with Crippen molar-refractivity contribution in [3.8, 4) is 0 Å². The van der Waals surface area contributed by atoms with Crippen LogP contribution in [0, 0.1) is 10.1 Å². The number of hydrogen-bond donors (Lipinski definition) is 1. The lowest BCUT2D eigenvalue weighted by Crippen LogP contribution is -2.48. The Morgan fingerprint density at radius 1 is 1.14 bits per heavy atom. The molecule has 4 rings (SSSR count). The Morgan fingerprint density at radius 3 is 2.68 bits per heavy atom. The Bertz CT molecular complexity index is 980. The maximum atomic E-state index is 12.3. The molecule has 1 fully saturated rings. The van der Waals surface area contributed by atoms with E-state index in [2.05, 4.69) is 21.2 Å². The molecule has 8 nitrogen and oxygen atoms in total. The molecule has 1 N–H and O–H groups in total. The van der Waals surface area contributed by atoms with Crippen LogP contribution in [0.15, 0.2) is 48.5 Å². The third-order valence-electron chi connectivity index (χ3n) is 4.63. The monoisotopic (exact) mass is 397 g/mol. The molecule has 1 aromatic heterocycles. The number of aromatic nitrogens is 1. The van der Waals surface area contributed by atoms with Crippen LogP contribution < -0.4 is 10.2 Å². The summed E-state index contributed by atoms with van der Waals surface area (Å²) in [7, 11) is 0. The quantitative estimate of drug-likeness (QED) is 0.526. The Kier molecular flexibility index (Phi) is 5.18. The first-order valence-corrected chi connectivity index (χ1v) is 9.77. The lowest BCUT2D eigenvalue weighted by atomic mass is 10.2. The number of piperazine rings is 1. The predicted molar refractivity (Wildman–Crippen MR) is 110 cm³/mol. The smallest absolute Gasteiger partial charge is 0.271 e. The first-order chi connectivity index (χ1) is 13.6. The molecule has 0 spiro atoms. The van der Waals surface area contributed by atoms with Gasteiger partial charge in [-0.05, 0) is 18.2 Å². The van der Waals surface area contributed by atoms with Crippen LogP contribution in [0.2, 0.25) is 0 Å². The van der Waals surface area contributed by atoms with E-state index in [1.54, 1.807) is 23.5 Å². The second-order valence-corrected chi connectivity index (χ2v) is 7.59. The summed E-state index contributed by atoms with van der Waals surface area (Å²) in [6.07, 6.45) is 0. The molecule has 2 heterocycles. The summed E-state index contributed by atoms with van der Waals surface area (Å²) < 4.78 is 1.18. The summed E-state index contributed by atoms with van der Waals surface area (Å²) in [5.74, 6) is -0.172. The number of nitro benzene ring substituents is 1. The molecule has 28 heavy (non-hydrogen) atoms. The van der Waals surface area contributed by atoms with E-state index >= 15 is 0 Å². The second kappa shape index (κ2) is 7.91. The molecular weight excluding hydrogens is 378 g/mol. The van der Waals surface area contributed by atoms with Gasteiger partial charge in [0.1, 0.15) is 0 Å². The number of para-hydroxylation sites is 1. The Labute approximate surface area is 165 Å². The number of nitrogens with zero attached hydrogens (tertiary/aromatic N) is 4. The van der Waals surface area contributed by atoms with Crippen LogP contribution in [-0.4, -0.2) is 53.4 Å². The minimum Gasteiger partial charge on any atom is -0.345 e. The van der Waals surface area contributed by atoms with Gasteiger partial charge in [0, 0.05) is 44.0 Å². The zero-order valence-corrected chi connectivity index (χ0v) is 15.9. The van der Waals surface area contributed by atoms with Crippen molar-refractivity contribution in [2.24, 2.45) is 0 Å². The summed E-state index contributed by atoms with van der Waals surface area (Å²) in [5.41, 5.74) is 1.41. The first kappa shape index (κ1) is 18.3. The third kappa shape index (κ3) is 4.10. The fraction of sp³-hybridized carbons (Fsp3) is 0.263. The van der Waals surface area contributed by atoms with Gasteiger partial charge in [-0.25, -0.2) is 4.98 Å². The van der Waals surface area contributed by atoms with E-state index < -0.39 is 4.92 Å². The van der Waals surface area contributed by atoms with Gasteiger partial charge in [-0.3, -0.25) is 19.8 Å². The van der Waals surface area contributed by atoms with Gasteiger partial charge in [-0.2, -0.15) is 0 Å². The van der Waals surface area contributed by atoms with Crippen LogP contribution in [0.1, 0.15) is 0 Å². The van der Waals surface area contributed by atoms with Gasteiger partial charge >= 0.3 is 0 Å². The van der Waals surface area contributed by atoms with Crippen molar-refractivity contribution < 1.29 is 9.72 Å². The first-order valence-electron chi connectivity index (χ1n) is 8.96. The average Bonchev–Trinajstić information content (AvgIpc) is 3.13. The molecule has 1 aliphatic rings. The molecule has 0 unspecified atom stereocenters. The number of non-ortho nitro benzene ring substituents is 1. The number of nitrogens with one attached hydrogen (secondary N) is 1. The number of hydrogen-bond acceptors (Lipinski definition) is 7. The van der Waals surface area contributed by atoms with Crippen LogP contribution in [0.4, 0.5) is 16.5 Å². The number of carbonyl (C=O) groups excluding carboxylic acids is 1. The van der Waals surface area contributed by atoms with Crippen molar-refractivity contribution in [2.45, 2.75) is 0 Å². The van der Waals surface area contributed by atoms with Crippen molar-refractivity contribution in [3.05, 3.63) is 58.6 Å². The molecule has 144 valence electrons. The fourth-order valence-corrected chi connectivity index (χ4v) is 4.21. The highest BCUT2D eigenvalue weighted by Crippen LogP contribution is 2.29. The summed E-state index contributed by atoms with van der Waals surface area (Å²) in [6, 6.07) is 14.1. The molecule has 0 atom stereocenters. The highest BCUT2D eigenvalue weighted by molar-refractivity contribution is 7.22. The molecule has 0 aliphatic carbocycles. The Balaban J connectivity index is 1.31. The van der Waals surface area contributed by atoms with Gasteiger partial charge in [-0.15, -0.1) is 0 Å². The molecule has 0 radical (unpaired) electrons. The highest BCUT2D eigenvalue weighted by atomic mass is 32.1. The van der Waals surface area contributed by atoms with E-state index in [0.29, 0.717) is 5.69 Å². The number of amides is 1. The van der Waals surface area contributed by atoms with Crippen molar-refractivity contribution in [2.75, 3.05) is 42.9 Å². The zero-order valence-electron chi connectivity index (χ0n) is 15.1. The number of carbonyl (C=O) groups is 1. The Hall–Kier alpha value is -3.04. The van der Waals surface area contributed by atoms with E-state index in [-0.39, 0.29) is 18.1 Å². The molecule has 0 bridgehead atoms. The van der Waals surface area contributed by atoms with E-state index in [9.17, 15) is 14.9 Å². The number of rotatable bonds is 5. The van der Waals surface area contributed by atoms with Gasteiger partial charge in [-0.1, -0.05) is 29.5 Å². The van der Waals surface area contributed by atoms with Crippen LogP contribution >= 0.6 is 11.3 Å². The SMILES string of the molecule is O=C(CN1CCN(c2nc3ccccc3s2)CC1)Nc1cccc([N+](=O)[O-])c1. The van der Waals surface area contributed by atoms with Gasteiger partial charge in [0.05, 0.1) is 21.7 Å². The van der Waals surface area contributed by atoms with E-state index in [0.717, 1.165) is 36.8 Å². The van der Waals surface area contributed by atoms with Crippen LogP contribution in [0.3, 0.4) is 0 Å². The number of nitro groups is 1. The molecular formula is C19H19N5O3S. The van der Waals surface area contributed by atoms with E-state index in [4.69, 9.17) is 4.98 Å². The number of benzene rings is 2. The normalized spacial score (nSPS) is 14.9. The lowest BCUT2D eigenvalue weighted by Gasteiger charge is -2.34. The number of thiazole rings is 1. The van der Waals surface area contributed by atoms with Gasteiger partial charge in [0.15, 0.2) is 5.13 Å². The molecule has 1 saturated heterocycles. The zero-order chi connectivity index (χ0) is 19.5. The number of anilines is 2. The fourth-order valence-electron chi connectivity index (χ4n) is 3.19. The summed E-state index contributed by atoms with van der Waals surface area (Å²) in [5, 5.41) is 14.6. The highest BCUT2D eigenvalue weighted by Gasteiger charge is 2.21. The van der Waals surface area contributed by atoms with Crippen molar-refractivity contribution in [1.82, 2.24) is 9.88 Å². The maximum absolute atomic E-state index is 12.3. The average molecular weight is 397 g/mol. The topological polar surface area (TPSA) is 91.6 Å². The van der Waals surface area contributed by atoms with Crippen molar-refractivity contribution in [3.63, 3.8) is 0 Å². The molecule has 9 heteroatoms. The number of fused-ring (bicyclic) bond motifs is 1. The second-order valence-electron chi connectivity index (χ2n) is 6.58. The van der Waals surface area contributed by atoms with Crippen LogP contribution in [-0.2, 0) is 4.79 Å². The van der Waals surface area contributed by atoms with Crippen molar-refractivity contribution >= 4 is 44.0 Å². The largest absolute Gasteiger partial charge is 0.345 e. The molecule has 1 amide bonds. The van der Waals surface area contributed by atoms with Crippen molar-refractivity contribution in [1.29, 1.82) is 0 Å². The molecule has 2 aromatic carbocycles. The molecule has 0 saturated carbocycles. The van der Waals surface area contributed by atoms with E-state index in [1.807, 2.05) is 18.2 Å². The maximum Gasteiger partial charge on any atom is 0.271 e. The van der Waals surface area contributed by atoms with Gasteiger partial charge < -0.3 is 10.2 Å². The van der Waals surface area contributed by atoms with Gasteiger partial charge in [0.25, 0.3) is 5.69 Å². The molecule has 3 aromatic rings. The van der Waals surface area contributed by atoms with E-state index in [1.165, 1.54) is 16.8 Å². The summed E-state index contributed by atoms with van der Waals surface area (Å²) >= 11 is 1.69. The van der Waals surface area contributed by atoms with Crippen LogP contribution in [0.5, 0.6) is 0 Å². The minimum atomic E-state index is -0.475. The predicted octanol–water partition coefficient (Wildman–Crippen LogP) is 2.97. The molecule has 1 aliphatic heterocycles. The standard InChI is InChI=1S/C19H19N5O3S/c25-18(20-14-4-3-5-15(12-14)24(26)27)13-22-8-10-23(11-9-22)19-21-16-6-1-2-7-17(16)28-19/h1-7,12H,8-11,13H2,(H,20,25). The summed E-state index contributed by atoms with van der Waals surface area (Å²) in [4.78, 5) is 31.7. The lowest BCUT2D eigenvalue weighted by molar-refractivity contribution is -0.384. The third-order valence-corrected chi connectivity index (χ3v) is 5.73. The summed E-state index contributed by atoms with van der Waals surface area (Å²) in [6.45, 7) is 3.40. The van der Waals surface area contributed by atoms with Gasteiger partial charge in [0.2, 0.25) is 5.91 Å². The minimum absolute atomic E-state index is 0.0396. The van der Waals surface area contributed by atoms with Crippen LogP contribution in [0.25, 0.3) is 10.2 Å².